The van der Waals surface area contributed by atoms with Crippen molar-refractivity contribution in [2.45, 2.75) is 20.0 Å². The summed E-state index contributed by atoms with van der Waals surface area (Å²) in [7, 11) is 0. The molecule has 0 aromatic heterocycles. The van der Waals surface area contributed by atoms with Crippen LogP contribution < -0.4 is 39.4 Å². The molecule has 0 fully saturated rings. The van der Waals surface area contributed by atoms with Crippen LogP contribution in [0.1, 0.15) is 13.8 Å². The van der Waals surface area contributed by atoms with Gasteiger partial charge in [-0.1, -0.05) is 12.1 Å². The van der Waals surface area contributed by atoms with Gasteiger partial charge in [0.25, 0.3) is 0 Å². The molecule has 2 nitrogen and oxygen atoms in total. The molecular formula is C9H11NaO2. The van der Waals surface area contributed by atoms with Gasteiger partial charge in [0, 0.05) is 0 Å². The third-order valence-corrected chi connectivity index (χ3v) is 1.18. The first-order chi connectivity index (χ1) is 5.18. The van der Waals surface area contributed by atoms with Crippen molar-refractivity contribution in [2.75, 3.05) is 0 Å². The molecule has 0 amide bonds. The average molecular weight is 174 g/mol. The Bertz CT molecular complexity index is 236. The van der Waals surface area contributed by atoms with E-state index >= 15 is 0 Å². The van der Waals surface area contributed by atoms with E-state index in [-0.39, 0.29) is 41.4 Å². The Hall–Kier alpha value is -0.180. The molecule has 0 saturated heterocycles. The van der Waals surface area contributed by atoms with Gasteiger partial charge in [0.05, 0.1) is 6.10 Å². The number of rotatable bonds is 2. The first kappa shape index (κ1) is 11.8. The van der Waals surface area contributed by atoms with E-state index in [0.717, 1.165) is 0 Å². The first-order valence-electron chi connectivity index (χ1n) is 3.62. The normalized spacial score (nSPS) is 9.25. The van der Waals surface area contributed by atoms with E-state index in [0.29, 0.717) is 5.75 Å². The van der Waals surface area contributed by atoms with E-state index in [4.69, 9.17) is 4.74 Å². The average Bonchev–Trinajstić information content (AvgIpc) is 1.85. The Kier molecular flexibility index (Phi) is 5.38. The Labute approximate surface area is 94.8 Å². The van der Waals surface area contributed by atoms with Crippen LogP contribution >= 0.6 is 0 Å². The molecule has 0 aliphatic rings. The number of hydrogen-bond acceptors (Lipinski definition) is 2. The van der Waals surface area contributed by atoms with Crippen molar-refractivity contribution in [3.63, 3.8) is 0 Å². The summed E-state index contributed by atoms with van der Waals surface area (Å²) in [6.07, 6.45) is 0.122. The zero-order valence-electron chi connectivity index (χ0n) is 7.70. The molecule has 1 rings (SSSR count). The van der Waals surface area contributed by atoms with Gasteiger partial charge < -0.3 is 9.84 Å². The van der Waals surface area contributed by atoms with Gasteiger partial charge in [0.15, 0.2) is 0 Å². The van der Waals surface area contributed by atoms with Crippen molar-refractivity contribution in [3.8, 4) is 11.5 Å². The summed E-state index contributed by atoms with van der Waals surface area (Å²) in [6.45, 7) is 3.86. The summed E-state index contributed by atoms with van der Waals surface area (Å²) >= 11 is 0. The molecule has 0 spiro atoms. The van der Waals surface area contributed by atoms with Gasteiger partial charge >= 0.3 is 29.6 Å². The van der Waals surface area contributed by atoms with E-state index in [1.165, 1.54) is 12.1 Å². The van der Waals surface area contributed by atoms with E-state index in [1.54, 1.807) is 12.1 Å². The van der Waals surface area contributed by atoms with Gasteiger partial charge in [-0.05, 0) is 26.0 Å². The number of benzene rings is 1. The van der Waals surface area contributed by atoms with Gasteiger partial charge in [0.1, 0.15) is 5.75 Å². The predicted molar refractivity (Wildman–Crippen MR) is 41.7 cm³/mol. The van der Waals surface area contributed by atoms with E-state index in [2.05, 4.69) is 0 Å². The number of hydrogen-bond donors (Lipinski definition) is 0. The fourth-order valence-corrected chi connectivity index (χ4v) is 0.820. The van der Waals surface area contributed by atoms with Crippen LogP contribution in [-0.4, -0.2) is 6.10 Å². The zero-order valence-corrected chi connectivity index (χ0v) is 9.70. The maximum absolute atomic E-state index is 10.8. The third kappa shape index (κ3) is 4.00. The predicted octanol–water partition coefficient (Wildman–Crippen LogP) is -1.45. The van der Waals surface area contributed by atoms with Crippen LogP contribution in [0, 0.1) is 0 Å². The van der Waals surface area contributed by atoms with Crippen molar-refractivity contribution >= 4 is 0 Å². The molecule has 3 heteroatoms. The van der Waals surface area contributed by atoms with Crippen LogP contribution in [0.4, 0.5) is 0 Å². The Morgan fingerprint density at radius 3 is 2.50 bits per heavy atom. The summed E-state index contributed by atoms with van der Waals surface area (Å²) in [5.41, 5.74) is 0. The van der Waals surface area contributed by atoms with E-state index in [1.807, 2.05) is 13.8 Å². The summed E-state index contributed by atoms with van der Waals surface area (Å²) in [4.78, 5) is 0. The molecule has 0 saturated carbocycles. The second-order valence-electron chi connectivity index (χ2n) is 2.64. The van der Waals surface area contributed by atoms with E-state index in [9.17, 15) is 5.11 Å². The fraction of sp³-hybridized carbons (Fsp3) is 0.333. The number of ether oxygens (including phenoxy) is 1. The van der Waals surface area contributed by atoms with Crippen molar-refractivity contribution < 1.29 is 39.4 Å². The Balaban J connectivity index is 0.00000121. The summed E-state index contributed by atoms with van der Waals surface area (Å²) in [6, 6.07) is 6.47. The minimum Gasteiger partial charge on any atom is -0.872 e. The van der Waals surface area contributed by atoms with Crippen LogP contribution in [0.3, 0.4) is 0 Å². The molecule has 60 valence electrons. The van der Waals surface area contributed by atoms with Gasteiger partial charge in [-0.3, -0.25) is 0 Å². The van der Waals surface area contributed by atoms with E-state index < -0.39 is 0 Å². The summed E-state index contributed by atoms with van der Waals surface area (Å²) in [5.74, 6) is 0.635. The SMILES string of the molecule is CC(C)Oc1cccc([O-])c1.[Na+]. The van der Waals surface area contributed by atoms with Crippen molar-refractivity contribution in [1.29, 1.82) is 0 Å². The topological polar surface area (TPSA) is 32.3 Å². The molecule has 0 heterocycles. The quantitative estimate of drug-likeness (QED) is 0.514. The van der Waals surface area contributed by atoms with Gasteiger partial charge in [0.2, 0.25) is 0 Å². The van der Waals surface area contributed by atoms with Crippen LogP contribution in [0.15, 0.2) is 24.3 Å². The molecule has 1 aromatic carbocycles. The zero-order chi connectivity index (χ0) is 8.27. The van der Waals surface area contributed by atoms with Crippen LogP contribution in [0.2, 0.25) is 0 Å². The second-order valence-corrected chi connectivity index (χ2v) is 2.64. The fourth-order valence-electron chi connectivity index (χ4n) is 0.820. The van der Waals surface area contributed by atoms with Crippen LogP contribution in [0.5, 0.6) is 11.5 Å². The van der Waals surface area contributed by atoms with Gasteiger partial charge in [-0.25, -0.2) is 0 Å². The minimum absolute atomic E-state index is 0. The van der Waals surface area contributed by atoms with Crippen LogP contribution in [0.25, 0.3) is 0 Å². The molecular weight excluding hydrogens is 163 g/mol. The third-order valence-electron chi connectivity index (χ3n) is 1.18. The van der Waals surface area contributed by atoms with Crippen molar-refractivity contribution in [3.05, 3.63) is 24.3 Å². The molecule has 0 aliphatic carbocycles. The molecule has 12 heavy (non-hydrogen) atoms. The maximum atomic E-state index is 10.8. The Morgan fingerprint density at radius 2 is 2.00 bits per heavy atom. The van der Waals surface area contributed by atoms with Crippen molar-refractivity contribution in [2.24, 2.45) is 0 Å². The van der Waals surface area contributed by atoms with Gasteiger partial charge in [-0.2, -0.15) is 0 Å². The second kappa shape index (κ2) is 5.46. The Morgan fingerprint density at radius 1 is 1.33 bits per heavy atom. The smallest absolute Gasteiger partial charge is 0.872 e. The first-order valence-corrected chi connectivity index (χ1v) is 3.62. The molecule has 0 bridgehead atoms. The summed E-state index contributed by atoms with van der Waals surface area (Å²) < 4.78 is 5.30. The molecule has 0 radical (unpaired) electrons. The standard InChI is InChI=1S/C9H12O2.Na/c1-7(2)11-9-5-3-4-8(10)6-9;/h3-7,10H,1-2H3;/q;+1/p-1. The van der Waals surface area contributed by atoms with Gasteiger partial charge in [-0.15, -0.1) is 5.75 Å². The van der Waals surface area contributed by atoms with Crippen molar-refractivity contribution in [1.82, 2.24) is 0 Å². The summed E-state index contributed by atoms with van der Waals surface area (Å²) in [5, 5.41) is 10.8. The molecule has 0 aliphatic heterocycles. The monoisotopic (exact) mass is 174 g/mol. The van der Waals surface area contributed by atoms with Crippen LogP contribution in [-0.2, 0) is 0 Å². The molecule has 0 unspecified atom stereocenters. The largest absolute Gasteiger partial charge is 1.00 e. The molecule has 1 aromatic rings. The molecule has 0 atom stereocenters. The minimum atomic E-state index is -0.0110. The molecule has 0 N–H and O–H groups in total. The maximum Gasteiger partial charge on any atom is 1.00 e.